The summed E-state index contributed by atoms with van der Waals surface area (Å²) in [6, 6.07) is 22.4. The lowest BCUT2D eigenvalue weighted by Crippen LogP contribution is -2.16. The monoisotopic (exact) mass is 494 g/mol. The number of rotatable bonds is 7. The molecule has 7 nitrogen and oxygen atoms in total. The second-order valence-electron chi connectivity index (χ2n) is 7.87. The summed E-state index contributed by atoms with van der Waals surface area (Å²) < 4.78 is 34.3. The van der Waals surface area contributed by atoms with E-state index in [9.17, 15) is 8.42 Å². The lowest BCUT2D eigenvalue weighted by molar-refractivity contribution is 0.463. The molecule has 9 heteroatoms. The van der Waals surface area contributed by atoms with Gasteiger partial charge in [-0.2, -0.15) is 4.98 Å². The highest BCUT2D eigenvalue weighted by Crippen LogP contribution is 2.33. The van der Waals surface area contributed by atoms with Crippen LogP contribution in [0.3, 0.4) is 0 Å². The SMILES string of the molecule is CC(C)c1ccccc1-c1cc(Oc2ccccc2Cl)nc(NS(=O)(=O)c2cccc(N)c2)n1. The van der Waals surface area contributed by atoms with E-state index in [4.69, 9.17) is 22.1 Å². The summed E-state index contributed by atoms with van der Waals surface area (Å²) in [6.07, 6.45) is 0. The smallest absolute Gasteiger partial charge is 0.264 e. The molecule has 1 heterocycles. The quantitative estimate of drug-likeness (QED) is 0.301. The van der Waals surface area contributed by atoms with Crippen LogP contribution in [0.1, 0.15) is 25.3 Å². The van der Waals surface area contributed by atoms with E-state index in [0.717, 1.165) is 11.1 Å². The number of nitrogens with zero attached hydrogens (tertiary/aromatic N) is 2. The molecule has 0 unspecified atom stereocenters. The van der Waals surface area contributed by atoms with E-state index in [0.29, 0.717) is 22.2 Å². The fourth-order valence-electron chi connectivity index (χ4n) is 3.40. The average Bonchev–Trinajstić information content (AvgIpc) is 2.80. The first-order chi connectivity index (χ1) is 16.2. The largest absolute Gasteiger partial charge is 0.437 e. The minimum Gasteiger partial charge on any atom is -0.437 e. The molecule has 0 bridgehead atoms. The fourth-order valence-corrected chi connectivity index (χ4v) is 4.57. The molecular formula is C25H23ClN4O3S. The number of hydrogen-bond donors (Lipinski definition) is 2. The van der Waals surface area contributed by atoms with Gasteiger partial charge in [-0.15, -0.1) is 0 Å². The van der Waals surface area contributed by atoms with E-state index in [1.807, 2.05) is 24.3 Å². The number of benzene rings is 3. The molecule has 3 aromatic carbocycles. The standard InChI is InChI=1S/C25H23ClN4O3S/c1-16(2)19-10-3-4-11-20(19)22-15-24(33-23-13-6-5-12-21(23)26)29-25(28-22)30-34(31,32)18-9-7-8-17(27)14-18/h3-16H,27H2,1-2H3,(H,28,29,30). The van der Waals surface area contributed by atoms with E-state index < -0.39 is 10.0 Å². The average molecular weight is 495 g/mol. The van der Waals surface area contributed by atoms with Crippen molar-refractivity contribution in [3.05, 3.63) is 89.4 Å². The lowest BCUT2D eigenvalue weighted by atomic mass is 9.95. The number of nitrogens with two attached hydrogens (primary N) is 1. The van der Waals surface area contributed by atoms with E-state index in [2.05, 4.69) is 28.5 Å². The fraction of sp³-hybridized carbons (Fsp3) is 0.120. The van der Waals surface area contributed by atoms with Crippen molar-refractivity contribution in [2.75, 3.05) is 10.5 Å². The first kappa shape index (κ1) is 23.5. The van der Waals surface area contributed by atoms with Crippen molar-refractivity contribution < 1.29 is 13.2 Å². The minimum atomic E-state index is -4.00. The van der Waals surface area contributed by atoms with Crippen molar-refractivity contribution in [2.24, 2.45) is 0 Å². The number of nitrogens with one attached hydrogen (secondary N) is 1. The molecule has 0 aliphatic heterocycles. The summed E-state index contributed by atoms with van der Waals surface area (Å²) in [6.45, 7) is 4.15. The van der Waals surface area contributed by atoms with Crippen molar-refractivity contribution in [1.82, 2.24) is 9.97 Å². The van der Waals surface area contributed by atoms with Crippen LogP contribution in [-0.4, -0.2) is 18.4 Å². The third-order valence-electron chi connectivity index (χ3n) is 5.01. The third-order valence-corrected chi connectivity index (χ3v) is 6.64. The molecule has 4 aromatic rings. The maximum Gasteiger partial charge on any atom is 0.264 e. The van der Waals surface area contributed by atoms with Crippen LogP contribution in [0, 0.1) is 0 Å². The van der Waals surface area contributed by atoms with Crippen LogP contribution in [0.4, 0.5) is 11.6 Å². The number of sulfonamides is 1. The molecule has 0 aliphatic rings. The molecule has 1 aromatic heterocycles. The summed E-state index contributed by atoms with van der Waals surface area (Å²) in [5.41, 5.74) is 8.48. The highest BCUT2D eigenvalue weighted by Gasteiger charge is 2.19. The lowest BCUT2D eigenvalue weighted by Gasteiger charge is -2.15. The van der Waals surface area contributed by atoms with Crippen molar-refractivity contribution in [1.29, 1.82) is 0 Å². The highest BCUT2D eigenvalue weighted by molar-refractivity contribution is 7.92. The number of aromatic nitrogens is 2. The van der Waals surface area contributed by atoms with Gasteiger partial charge in [0.2, 0.25) is 11.8 Å². The number of para-hydroxylation sites is 1. The highest BCUT2D eigenvalue weighted by atomic mass is 35.5. The zero-order chi connectivity index (χ0) is 24.3. The number of nitrogen functional groups attached to an aromatic ring is 1. The van der Waals surface area contributed by atoms with Crippen molar-refractivity contribution in [3.8, 4) is 22.9 Å². The Morgan fingerprint density at radius 3 is 2.41 bits per heavy atom. The Morgan fingerprint density at radius 1 is 0.941 bits per heavy atom. The molecule has 0 radical (unpaired) electrons. The molecule has 174 valence electrons. The van der Waals surface area contributed by atoms with Gasteiger partial charge in [-0.25, -0.2) is 18.1 Å². The number of anilines is 2. The summed E-state index contributed by atoms with van der Waals surface area (Å²) in [5.74, 6) is 0.601. The van der Waals surface area contributed by atoms with Crippen molar-refractivity contribution in [3.63, 3.8) is 0 Å². The molecular weight excluding hydrogens is 472 g/mol. The number of halogens is 1. The van der Waals surface area contributed by atoms with Crippen LogP contribution in [0.25, 0.3) is 11.3 Å². The zero-order valence-corrected chi connectivity index (χ0v) is 20.1. The Labute approximate surface area is 203 Å². The molecule has 0 spiro atoms. The van der Waals surface area contributed by atoms with Crippen LogP contribution in [-0.2, 0) is 10.0 Å². The maximum absolute atomic E-state index is 13.0. The van der Waals surface area contributed by atoms with Gasteiger partial charge in [0.05, 0.1) is 15.6 Å². The van der Waals surface area contributed by atoms with Gasteiger partial charge >= 0.3 is 0 Å². The van der Waals surface area contributed by atoms with Gasteiger partial charge in [-0.05, 0) is 41.8 Å². The van der Waals surface area contributed by atoms with E-state index in [1.54, 1.807) is 42.5 Å². The number of ether oxygens (including phenoxy) is 1. The Balaban J connectivity index is 1.81. The first-order valence-corrected chi connectivity index (χ1v) is 12.4. The van der Waals surface area contributed by atoms with Crippen LogP contribution >= 0.6 is 11.6 Å². The van der Waals surface area contributed by atoms with Crippen LogP contribution in [0.5, 0.6) is 11.6 Å². The molecule has 0 saturated carbocycles. The third kappa shape index (κ3) is 5.30. The Morgan fingerprint density at radius 2 is 1.68 bits per heavy atom. The van der Waals surface area contributed by atoms with Gasteiger partial charge in [0.25, 0.3) is 10.0 Å². The molecule has 0 saturated heterocycles. The Bertz CT molecular complexity index is 1440. The van der Waals surface area contributed by atoms with Crippen molar-refractivity contribution >= 4 is 33.3 Å². The molecule has 4 rings (SSSR count). The normalized spacial score (nSPS) is 11.4. The molecule has 0 amide bonds. The summed E-state index contributed by atoms with van der Waals surface area (Å²) in [4.78, 5) is 8.79. The summed E-state index contributed by atoms with van der Waals surface area (Å²) >= 11 is 6.25. The maximum atomic E-state index is 13.0. The van der Waals surface area contributed by atoms with Crippen molar-refractivity contribution in [2.45, 2.75) is 24.7 Å². The second-order valence-corrected chi connectivity index (χ2v) is 9.96. The molecule has 34 heavy (non-hydrogen) atoms. The summed E-state index contributed by atoms with van der Waals surface area (Å²) in [7, 11) is -4.00. The van der Waals surface area contributed by atoms with E-state index in [1.165, 1.54) is 12.1 Å². The van der Waals surface area contributed by atoms with E-state index in [-0.39, 0.29) is 22.6 Å². The van der Waals surface area contributed by atoms with Gasteiger partial charge in [0.15, 0.2) is 0 Å². The predicted molar refractivity (Wildman–Crippen MR) is 135 cm³/mol. The zero-order valence-electron chi connectivity index (χ0n) is 18.6. The Hall–Kier alpha value is -3.62. The van der Waals surface area contributed by atoms with Crippen LogP contribution < -0.4 is 15.2 Å². The van der Waals surface area contributed by atoms with Gasteiger partial charge in [-0.1, -0.05) is 67.9 Å². The second kappa shape index (κ2) is 9.70. The minimum absolute atomic E-state index is 0.00217. The van der Waals surface area contributed by atoms with E-state index >= 15 is 0 Å². The van der Waals surface area contributed by atoms with Crippen LogP contribution in [0.15, 0.2) is 83.8 Å². The molecule has 0 atom stereocenters. The Kier molecular flexibility index (Phi) is 6.72. The van der Waals surface area contributed by atoms with Crippen LogP contribution in [0.2, 0.25) is 5.02 Å². The van der Waals surface area contributed by atoms with Gasteiger partial charge < -0.3 is 10.5 Å². The topological polar surface area (TPSA) is 107 Å². The summed E-state index contributed by atoms with van der Waals surface area (Å²) in [5, 5.41) is 0.395. The first-order valence-electron chi connectivity index (χ1n) is 10.5. The molecule has 0 aliphatic carbocycles. The molecule has 0 fully saturated rings. The van der Waals surface area contributed by atoms with Gasteiger partial charge in [-0.3, -0.25) is 0 Å². The predicted octanol–water partition coefficient (Wildman–Crippen LogP) is 6.10. The molecule has 3 N–H and O–H groups in total. The van der Waals surface area contributed by atoms with Gasteiger partial charge in [0.1, 0.15) is 5.75 Å². The van der Waals surface area contributed by atoms with Gasteiger partial charge in [0, 0.05) is 17.3 Å². The number of hydrogen-bond acceptors (Lipinski definition) is 6.